The van der Waals surface area contributed by atoms with Crippen LogP contribution < -0.4 is 10.5 Å². The zero-order valence-corrected chi connectivity index (χ0v) is 13.9. The smallest absolute Gasteiger partial charge is 0.310 e. The van der Waals surface area contributed by atoms with E-state index < -0.39 is 32.7 Å². The van der Waals surface area contributed by atoms with Crippen LogP contribution in [-0.2, 0) is 19.6 Å². The molecule has 20 heavy (non-hydrogen) atoms. The van der Waals surface area contributed by atoms with Gasteiger partial charge in [0, 0.05) is 12.1 Å². The second kappa shape index (κ2) is 7.59. The van der Waals surface area contributed by atoms with Crippen molar-refractivity contribution in [2.75, 3.05) is 13.7 Å². The van der Waals surface area contributed by atoms with Crippen LogP contribution in [-0.4, -0.2) is 38.8 Å². The molecule has 6 nitrogen and oxygen atoms in total. The van der Waals surface area contributed by atoms with E-state index in [1.165, 1.54) is 7.11 Å². The molecular weight excluding hydrogens is 304 g/mol. The van der Waals surface area contributed by atoms with Gasteiger partial charge in [0.2, 0.25) is 10.0 Å². The molecule has 0 amide bonds. The number of hydrogen-bond acceptors (Lipinski definition) is 5. The highest BCUT2D eigenvalue weighted by Crippen LogP contribution is 2.30. The van der Waals surface area contributed by atoms with Gasteiger partial charge >= 0.3 is 5.97 Å². The van der Waals surface area contributed by atoms with Crippen LogP contribution in [0.1, 0.15) is 39.5 Å². The normalized spacial score (nSPS) is 23.8. The van der Waals surface area contributed by atoms with Gasteiger partial charge in [-0.25, -0.2) is 13.1 Å². The summed E-state index contributed by atoms with van der Waals surface area (Å²) < 4.78 is 32.1. The lowest BCUT2D eigenvalue weighted by molar-refractivity contribution is -0.146. The highest BCUT2D eigenvalue weighted by molar-refractivity contribution is 7.90. The number of rotatable bonds is 5. The number of esters is 1. The molecule has 3 N–H and O–H groups in total. The lowest BCUT2D eigenvalue weighted by Gasteiger charge is -2.33. The Balaban J connectivity index is 0.00000361. The number of hydrogen-bond donors (Lipinski definition) is 2. The Kier molecular flexibility index (Phi) is 7.44. The van der Waals surface area contributed by atoms with Crippen molar-refractivity contribution in [1.82, 2.24) is 4.72 Å². The minimum Gasteiger partial charge on any atom is -0.469 e. The first-order chi connectivity index (χ1) is 8.73. The van der Waals surface area contributed by atoms with E-state index in [9.17, 15) is 13.2 Å². The summed E-state index contributed by atoms with van der Waals surface area (Å²) in [6.07, 6.45) is 2.70. The first-order valence-electron chi connectivity index (χ1n) is 6.54. The lowest BCUT2D eigenvalue weighted by Crippen LogP contribution is -2.54. The van der Waals surface area contributed by atoms with E-state index in [0.717, 1.165) is 12.8 Å². The summed E-state index contributed by atoms with van der Waals surface area (Å²) in [5.41, 5.74) is 4.83. The minimum atomic E-state index is -3.59. The molecule has 1 saturated carbocycles. The molecule has 1 aliphatic carbocycles. The van der Waals surface area contributed by atoms with Crippen LogP contribution in [0.2, 0.25) is 0 Å². The van der Waals surface area contributed by atoms with Crippen molar-refractivity contribution >= 4 is 28.4 Å². The largest absolute Gasteiger partial charge is 0.469 e. The summed E-state index contributed by atoms with van der Waals surface area (Å²) in [5.74, 6) is -1.02. The second-order valence-electron chi connectivity index (χ2n) is 5.69. The molecule has 2 unspecified atom stereocenters. The van der Waals surface area contributed by atoms with Crippen LogP contribution in [0.3, 0.4) is 0 Å². The average molecular weight is 329 g/mol. The summed E-state index contributed by atoms with van der Waals surface area (Å²) in [7, 11) is -2.30. The quantitative estimate of drug-likeness (QED) is 0.727. The van der Waals surface area contributed by atoms with Crippen LogP contribution in [0.15, 0.2) is 0 Å². The number of carbonyl (C=O) groups is 1. The number of methoxy groups -OCH3 is 1. The van der Waals surface area contributed by atoms with E-state index in [4.69, 9.17) is 10.5 Å². The Morgan fingerprint density at radius 1 is 1.35 bits per heavy atom. The monoisotopic (exact) mass is 328 g/mol. The second-order valence-corrected chi connectivity index (χ2v) is 7.59. The fourth-order valence-corrected chi connectivity index (χ4v) is 4.55. The van der Waals surface area contributed by atoms with Crippen LogP contribution in [0.4, 0.5) is 0 Å². The maximum Gasteiger partial charge on any atom is 0.310 e. The number of nitrogens with one attached hydrogen (secondary N) is 1. The van der Waals surface area contributed by atoms with Gasteiger partial charge in [0.05, 0.1) is 18.3 Å². The molecule has 0 bridgehead atoms. The topological polar surface area (TPSA) is 98.5 Å². The van der Waals surface area contributed by atoms with Crippen molar-refractivity contribution in [3.63, 3.8) is 0 Å². The van der Waals surface area contributed by atoms with Gasteiger partial charge in [-0.05, 0) is 26.7 Å². The SMILES string of the molecule is COC(=O)C1CCCCC1S(=O)(=O)NC(C)(C)CN.Cl. The number of halogens is 1. The standard InChI is InChI=1S/C12H24N2O4S.ClH/c1-12(2,8-13)14-19(16,17)10-7-5-4-6-9(10)11(15)18-3;/h9-10,14H,4-8,13H2,1-3H3;1H. The van der Waals surface area contributed by atoms with Crippen molar-refractivity contribution in [1.29, 1.82) is 0 Å². The Hall–Kier alpha value is -0.370. The Morgan fingerprint density at radius 3 is 2.40 bits per heavy atom. The third-order valence-corrected chi connectivity index (χ3v) is 5.73. The van der Waals surface area contributed by atoms with Gasteiger partial charge in [-0.2, -0.15) is 0 Å². The molecule has 1 rings (SSSR count). The van der Waals surface area contributed by atoms with Gasteiger partial charge in [-0.3, -0.25) is 4.79 Å². The zero-order valence-electron chi connectivity index (χ0n) is 12.2. The molecule has 0 aliphatic heterocycles. The summed E-state index contributed by atoms with van der Waals surface area (Å²) >= 11 is 0. The van der Waals surface area contributed by atoms with Gasteiger partial charge in [0.15, 0.2) is 0 Å². The summed E-state index contributed by atoms with van der Waals surface area (Å²) in [5, 5.41) is -0.723. The molecule has 0 spiro atoms. The third-order valence-electron chi connectivity index (χ3n) is 3.53. The maximum absolute atomic E-state index is 12.4. The average Bonchev–Trinajstić information content (AvgIpc) is 2.36. The number of nitrogens with two attached hydrogens (primary N) is 1. The van der Waals surface area contributed by atoms with Gasteiger partial charge in [-0.15, -0.1) is 12.4 Å². The first-order valence-corrected chi connectivity index (χ1v) is 8.09. The number of sulfonamides is 1. The predicted octanol–water partition coefficient (Wildman–Crippen LogP) is 0.797. The number of ether oxygens (including phenoxy) is 1. The molecule has 0 aromatic heterocycles. The molecule has 0 aromatic carbocycles. The Morgan fingerprint density at radius 2 is 1.90 bits per heavy atom. The van der Waals surface area contributed by atoms with E-state index in [0.29, 0.717) is 12.8 Å². The molecule has 1 fully saturated rings. The lowest BCUT2D eigenvalue weighted by atomic mass is 9.89. The molecule has 0 radical (unpaired) electrons. The van der Waals surface area contributed by atoms with Crippen LogP contribution in [0, 0.1) is 5.92 Å². The highest BCUT2D eigenvalue weighted by Gasteiger charge is 2.41. The van der Waals surface area contributed by atoms with Crippen molar-refractivity contribution in [2.24, 2.45) is 11.7 Å². The molecule has 1 aliphatic rings. The third kappa shape index (κ3) is 4.87. The molecule has 2 atom stereocenters. The van der Waals surface area contributed by atoms with Crippen LogP contribution >= 0.6 is 12.4 Å². The van der Waals surface area contributed by atoms with Crippen LogP contribution in [0.5, 0.6) is 0 Å². The Labute approximate surface area is 127 Å². The van der Waals surface area contributed by atoms with E-state index in [1.54, 1.807) is 13.8 Å². The van der Waals surface area contributed by atoms with Gasteiger partial charge < -0.3 is 10.5 Å². The van der Waals surface area contributed by atoms with Gasteiger partial charge in [-0.1, -0.05) is 12.8 Å². The fraction of sp³-hybridized carbons (Fsp3) is 0.917. The van der Waals surface area contributed by atoms with E-state index in [-0.39, 0.29) is 19.0 Å². The molecule has 120 valence electrons. The molecular formula is C12H25ClN2O4S. The van der Waals surface area contributed by atoms with Crippen molar-refractivity contribution in [3.05, 3.63) is 0 Å². The predicted molar refractivity (Wildman–Crippen MR) is 80.2 cm³/mol. The summed E-state index contributed by atoms with van der Waals surface area (Å²) in [6.45, 7) is 3.64. The van der Waals surface area contributed by atoms with Gasteiger partial charge in [0.1, 0.15) is 0 Å². The number of carbonyl (C=O) groups excluding carboxylic acids is 1. The fourth-order valence-electron chi connectivity index (χ4n) is 2.39. The summed E-state index contributed by atoms with van der Waals surface area (Å²) in [4.78, 5) is 11.7. The van der Waals surface area contributed by atoms with Crippen molar-refractivity contribution < 1.29 is 17.9 Å². The highest BCUT2D eigenvalue weighted by atomic mass is 35.5. The first kappa shape index (κ1) is 19.6. The maximum atomic E-state index is 12.4. The van der Waals surface area contributed by atoms with Crippen molar-refractivity contribution in [3.8, 4) is 0 Å². The minimum absolute atomic E-state index is 0. The molecule has 0 heterocycles. The molecule has 0 aromatic rings. The molecule has 0 saturated heterocycles. The Bertz CT molecular complexity index is 425. The summed E-state index contributed by atoms with van der Waals surface area (Å²) in [6, 6.07) is 0. The van der Waals surface area contributed by atoms with E-state index in [2.05, 4.69) is 4.72 Å². The zero-order chi connectivity index (χ0) is 14.7. The van der Waals surface area contributed by atoms with Crippen LogP contribution in [0.25, 0.3) is 0 Å². The molecule has 8 heteroatoms. The van der Waals surface area contributed by atoms with Crippen molar-refractivity contribution in [2.45, 2.75) is 50.3 Å². The van der Waals surface area contributed by atoms with E-state index >= 15 is 0 Å². The van der Waals surface area contributed by atoms with Gasteiger partial charge in [0.25, 0.3) is 0 Å². The van der Waals surface area contributed by atoms with E-state index in [1.807, 2.05) is 0 Å².